The van der Waals surface area contributed by atoms with Crippen LogP contribution in [0.15, 0.2) is 209 Å². The maximum Gasteiger partial charge on any atom is 0.183 e. The van der Waals surface area contributed by atoms with E-state index < -0.39 is 0 Å². The smallest absolute Gasteiger partial charge is 0.183 e. The number of hydrogen-bond donors (Lipinski definition) is 1. The van der Waals surface area contributed by atoms with E-state index >= 15 is 0 Å². The number of hydrazone groups is 1. The van der Waals surface area contributed by atoms with Crippen LogP contribution in [0.1, 0.15) is 97.7 Å². The second-order valence-electron chi connectivity index (χ2n) is 16.6. The summed E-state index contributed by atoms with van der Waals surface area (Å²) in [5, 5.41) is 6.74. The molecule has 0 aromatic heterocycles. The fourth-order valence-corrected chi connectivity index (χ4v) is 9.92. The summed E-state index contributed by atoms with van der Waals surface area (Å²) in [5.74, 6) is 1.44. The molecule has 304 valence electrons. The van der Waals surface area contributed by atoms with Crippen LogP contribution in [0.4, 0.5) is 5.69 Å². The molecule has 0 saturated heterocycles. The van der Waals surface area contributed by atoms with Gasteiger partial charge in [0.15, 0.2) is 11.7 Å². The van der Waals surface area contributed by atoms with E-state index in [2.05, 4.69) is 171 Å². The molecular weight excluding hydrogens is 753 g/mol. The highest BCUT2D eigenvalue weighted by atomic mass is 15.7. The predicted octanol–water partition coefficient (Wildman–Crippen LogP) is 14.3. The first kappa shape index (κ1) is 39.1. The van der Waals surface area contributed by atoms with Crippen LogP contribution < -0.4 is 10.5 Å². The topological polar surface area (TPSA) is 40.0 Å². The lowest BCUT2D eigenvalue weighted by atomic mass is 9.64. The summed E-state index contributed by atoms with van der Waals surface area (Å²) in [4.78, 5) is 5.17. The van der Waals surface area contributed by atoms with Gasteiger partial charge in [-0.05, 0) is 143 Å². The first-order valence-corrected chi connectivity index (χ1v) is 22.4. The number of nitrogens with one attached hydrogen (secondary N) is 1. The van der Waals surface area contributed by atoms with Gasteiger partial charge in [-0.2, -0.15) is 0 Å². The quantitative estimate of drug-likeness (QED) is 0.143. The highest BCUT2D eigenvalue weighted by molar-refractivity contribution is 6.18. The van der Waals surface area contributed by atoms with Crippen LogP contribution in [0.25, 0.3) is 27.8 Å². The lowest BCUT2D eigenvalue weighted by Crippen LogP contribution is -2.44. The Morgan fingerprint density at radius 1 is 0.694 bits per heavy atom. The van der Waals surface area contributed by atoms with E-state index in [9.17, 15) is 0 Å². The number of aliphatic imine (C=N–C) groups is 1. The van der Waals surface area contributed by atoms with Crippen molar-refractivity contribution in [3.8, 4) is 11.1 Å². The lowest BCUT2D eigenvalue weighted by molar-refractivity contribution is 0.683. The number of nitrogens with zero attached hydrogens (tertiary/aromatic N) is 3. The van der Waals surface area contributed by atoms with Gasteiger partial charge in [0.1, 0.15) is 0 Å². The van der Waals surface area contributed by atoms with Crippen molar-refractivity contribution in [2.75, 3.05) is 5.01 Å². The highest BCUT2D eigenvalue weighted by Crippen LogP contribution is 2.59. The zero-order valence-electron chi connectivity index (χ0n) is 35.7. The summed E-state index contributed by atoms with van der Waals surface area (Å²) in [6, 6.07) is 43.7. The molecule has 4 heteroatoms. The molecule has 0 amide bonds. The second-order valence-corrected chi connectivity index (χ2v) is 16.6. The number of amidine groups is 2. The fourth-order valence-electron chi connectivity index (χ4n) is 9.92. The van der Waals surface area contributed by atoms with E-state index in [4.69, 9.17) is 10.1 Å². The Morgan fingerprint density at radius 3 is 2.18 bits per heavy atom. The Labute approximate surface area is 366 Å². The van der Waals surface area contributed by atoms with Crippen LogP contribution in [0.5, 0.6) is 0 Å². The van der Waals surface area contributed by atoms with Crippen LogP contribution in [0.2, 0.25) is 0 Å². The standard InChI is InChI=1S/C58H52N4/c1-3-41(45-25-20-26-48(38-45)56-59-57(44-23-12-6-13-24-44)62(61-60-56)51-31-18-9-19-32-51)37-42(4-2)46-33-35-54-52(39-46)53-40-47(43-21-10-5-11-22-43)34-36-55(53)58(54,49-27-14-7-15-28-49)50-29-16-8-17-30-50/h4,6-7,9-10,12-14,16,18-27,29-40,61H,3,5,8,11,15,17,28H2,1-2H3/b41-37+,42-4+. The highest BCUT2D eigenvalue weighted by Gasteiger charge is 2.48. The number of benzene rings is 5. The molecule has 0 bridgehead atoms. The molecule has 5 aliphatic rings. The van der Waals surface area contributed by atoms with Gasteiger partial charge in [0.2, 0.25) is 0 Å². The minimum atomic E-state index is -0.321. The van der Waals surface area contributed by atoms with E-state index in [0.29, 0.717) is 5.84 Å². The van der Waals surface area contributed by atoms with Crippen LogP contribution in [-0.2, 0) is 5.41 Å². The molecule has 1 heterocycles. The number of allylic oxidation sites excluding steroid dienone is 16. The Bertz CT molecular complexity index is 2860. The first-order valence-electron chi connectivity index (χ1n) is 22.4. The molecule has 62 heavy (non-hydrogen) atoms. The number of para-hydroxylation sites is 1. The summed E-state index contributed by atoms with van der Waals surface area (Å²) in [7, 11) is 0. The molecule has 0 fully saturated rings. The Morgan fingerprint density at radius 2 is 1.45 bits per heavy atom. The minimum Gasteiger partial charge on any atom is -0.221 e. The van der Waals surface area contributed by atoms with Crippen molar-refractivity contribution in [1.29, 1.82) is 0 Å². The summed E-state index contributed by atoms with van der Waals surface area (Å²) >= 11 is 0. The Balaban J connectivity index is 1.05. The van der Waals surface area contributed by atoms with E-state index in [1.165, 1.54) is 61.2 Å². The average molecular weight is 805 g/mol. The molecule has 1 aliphatic heterocycles. The molecule has 1 unspecified atom stereocenters. The van der Waals surface area contributed by atoms with Crippen molar-refractivity contribution in [2.45, 2.75) is 64.2 Å². The number of hydrazine groups is 1. The Hall–Kier alpha value is -7.04. The summed E-state index contributed by atoms with van der Waals surface area (Å²) in [6.07, 6.45) is 33.3. The predicted molar refractivity (Wildman–Crippen MR) is 262 cm³/mol. The van der Waals surface area contributed by atoms with Crippen molar-refractivity contribution in [3.05, 3.63) is 238 Å². The zero-order valence-corrected chi connectivity index (χ0v) is 35.7. The van der Waals surface area contributed by atoms with Gasteiger partial charge in [0.25, 0.3) is 0 Å². The second kappa shape index (κ2) is 17.1. The van der Waals surface area contributed by atoms with E-state index in [1.807, 2.05) is 41.4 Å². The molecule has 4 aliphatic carbocycles. The van der Waals surface area contributed by atoms with Crippen LogP contribution in [0, 0.1) is 0 Å². The first-order chi connectivity index (χ1) is 30.6. The Kier molecular flexibility index (Phi) is 10.8. The largest absolute Gasteiger partial charge is 0.221 e. The molecule has 1 N–H and O–H groups in total. The molecule has 0 radical (unpaired) electrons. The molecule has 0 saturated carbocycles. The molecule has 5 aromatic carbocycles. The summed E-state index contributed by atoms with van der Waals surface area (Å²) in [5.41, 5.74) is 21.8. The lowest BCUT2D eigenvalue weighted by Gasteiger charge is -2.38. The monoisotopic (exact) mass is 804 g/mol. The van der Waals surface area contributed by atoms with Crippen molar-refractivity contribution in [2.24, 2.45) is 10.1 Å². The van der Waals surface area contributed by atoms with Gasteiger partial charge in [-0.3, -0.25) is 0 Å². The number of hydrogen-bond acceptors (Lipinski definition) is 4. The molecule has 4 nitrogen and oxygen atoms in total. The average Bonchev–Trinajstić information content (AvgIpc) is 3.65. The minimum absolute atomic E-state index is 0.321. The van der Waals surface area contributed by atoms with Gasteiger partial charge in [0, 0.05) is 11.1 Å². The van der Waals surface area contributed by atoms with Gasteiger partial charge in [-0.15, -0.1) is 5.10 Å². The van der Waals surface area contributed by atoms with Gasteiger partial charge in [0.05, 0.1) is 11.1 Å². The number of fused-ring (bicyclic) bond motifs is 3. The van der Waals surface area contributed by atoms with Gasteiger partial charge in [-0.1, -0.05) is 170 Å². The van der Waals surface area contributed by atoms with E-state index in [1.54, 1.807) is 0 Å². The molecule has 0 spiro atoms. The van der Waals surface area contributed by atoms with E-state index in [-0.39, 0.29) is 5.41 Å². The normalized spacial score (nSPS) is 19.5. The van der Waals surface area contributed by atoms with Crippen LogP contribution in [-0.4, -0.2) is 11.7 Å². The molecule has 1 atom stereocenters. The third kappa shape index (κ3) is 7.10. The SMILES string of the molecule is C/C=C(\C=C(/CC)c1cccc(C2=NNN(c3ccccc3)C(c3ccccc3)=N2)c1)c1ccc2c(c1)-c1cc(C3=CCCC=C3)ccc1C2(C1=CCCC=C1)C1=CC=CCC1. The number of anilines is 1. The van der Waals surface area contributed by atoms with Gasteiger partial charge < -0.3 is 0 Å². The van der Waals surface area contributed by atoms with Gasteiger partial charge in [-0.25, -0.2) is 15.5 Å². The van der Waals surface area contributed by atoms with Crippen molar-refractivity contribution < 1.29 is 0 Å². The third-order valence-electron chi connectivity index (χ3n) is 13.0. The van der Waals surface area contributed by atoms with Gasteiger partial charge >= 0.3 is 0 Å². The number of rotatable bonds is 10. The van der Waals surface area contributed by atoms with Crippen LogP contribution in [0.3, 0.4) is 0 Å². The van der Waals surface area contributed by atoms with Crippen molar-refractivity contribution in [1.82, 2.24) is 5.53 Å². The maximum atomic E-state index is 5.17. The fraction of sp³-hybridized carbons (Fsp3) is 0.172. The summed E-state index contributed by atoms with van der Waals surface area (Å²) in [6.45, 7) is 4.41. The molecule has 5 aromatic rings. The zero-order chi connectivity index (χ0) is 41.9. The maximum absolute atomic E-state index is 5.17. The molecule has 10 rings (SSSR count). The van der Waals surface area contributed by atoms with E-state index in [0.717, 1.165) is 73.2 Å². The van der Waals surface area contributed by atoms with Crippen molar-refractivity contribution in [3.63, 3.8) is 0 Å². The van der Waals surface area contributed by atoms with Crippen molar-refractivity contribution >= 4 is 34.1 Å². The summed E-state index contributed by atoms with van der Waals surface area (Å²) < 4.78 is 0. The van der Waals surface area contributed by atoms with Crippen LogP contribution >= 0.6 is 0 Å². The third-order valence-corrected chi connectivity index (χ3v) is 13.0. The molecular formula is C58H52N4.